The molecule has 5 aromatic heterocycles. The summed E-state index contributed by atoms with van der Waals surface area (Å²) in [7, 11) is 0. The lowest BCUT2D eigenvalue weighted by atomic mass is 9.97. The number of fused-ring (bicyclic) bond motifs is 13. The van der Waals surface area contributed by atoms with Gasteiger partial charge in [-0.05, 0) is 59.0 Å². The SMILES string of the molecule is FC(c1ccc2c3ccccc3n3ccnc3c2c1)c1ccc2c3c4sc5ccccc5c4ccc3n(-c3ccccn3)c2c1. The molecule has 0 saturated heterocycles. The van der Waals surface area contributed by atoms with Crippen molar-refractivity contribution >= 4 is 80.6 Å². The number of hydrogen-bond donors (Lipinski definition) is 0. The highest BCUT2D eigenvalue weighted by Crippen LogP contribution is 2.44. The summed E-state index contributed by atoms with van der Waals surface area (Å²) in [4.78, 5) is 9.38. The van der Waals surface area contributed by atoms with Gasteiger partial charge in [-0.2, -0.15) is 0 Å². The molecule has 5 heterocycles. The molecule has 0 saturated carbocycles. The average Bonchev–Trinajstić information content (AvgIpc) is 3.82. The third kappa shape index (κ3) is 3.45. The van der Waals surface area contributed by atoms with Crippen molar-refractivity contribution in [2.24, 2.45) is 0 Å². The van der Waals surface area contributed by atoms with E-state index in [2.05, 4.69) is 68.5 Å². The van der Waals surface area contributed by atoms with Crippen molar-refractivity contribution in [3.63, 3.8) is 0 Å². The van der Waals surface area contributed by atoms with Crippen molar-refractivity contribution in [3.05, 3.63) is 145 Å². The lowest BCUT2D eigenvalue weighted by Crippen LogP contribution is -1.99. The number of nitrogens with zero attached hydrogens (tertiary/aromatic N) is 4. The highest BCUT2D eigenvalue weighted by molar-refractivity contribution is 7.26. The van der Waals surface area contributed by atoms with E-state index in [1.807, 2.05) is 84.4 Å². The Bertz CT molecular complexity index is 2790. The Morgan fingerprint density at radius 2 is 1.36 bits per heavy atom. The molecule has 5 aromatic carbocycles. The predicted molar refractivity (Wildman–Crippen MR) is 185 cm³/mol. The van der Waals surface area contributed by atoms with E-state index in [1.54, 1.807) is 6.20 Å². The summed E-state index contributed by atoms with van der Waals surface area (Å²) in [5.74, 6) is 0.810. The van der Waals surface area contributed by atoms with E-state index in [4.69, 9.17) is 4.98 Å². The van der Waals surface area contributed by atoms with Crippen LogP contribution in [0.1, 0.15) is 17.3 Å². The fraction of sp³-hybridized carbons (Fsp3) is 0.0256. The van der Waals surface area contributed by atoms with E-state index in [-0.39, 0.29) is 0 Å². The highest BCUT2D eigenvalue weighted by atomic mass is 32.1. The Morgan fingerprint density at radius 3 is 2.24 bits per heavy atom. The van der Waals surface area contributed by atoms with Gasteiger partial charge < -0.3 is 0 Å². The topological polar surface area (TPSA) is 35.1 Å². The molecule has 1 atom stereocenters. The van der Waals surface area contributed by atoms with E-state index in [0.717, 1.165) is 49.6 Å². The van der Waals surface area contributed by atoms with E-state index >= 15 is 4.39 Å². The molecule has 0 bridgehead atoms. The summed E-state index contributed by atoms with van der Waals surface area (Å²) >= 11 is 1.81. The largest absolute Gasteiger partial charge is 0.299 e. The molecular formula is C39H23FN4S. The Hall–Kier alpha value is -5.59. The summed E-state index contributed by atoms with van der Waals surface area (Å²) in [6.45, 7) is 0. The zero-order chi connectivity index (χ0) is 29.6. The summed E-state index contributed by atoms with van der Waals surface area (Å²) < 4.78 is 23.4. The van der Waals surface area contributed by atoms with Gasteiger partial charge in [-0.25, -0.2) is 14.4 Å². The molecule has 0 N–H and O–H groups in total. The van der Waals surface area contributed by atoms with Crippen LogP contribution in [-0.2, 0) is 0 Å². The van der Waals surface area contributed by atoms with Crippen LogP contribution in [0.15, 0.2) is 134 Å². The molecule has 0 amide bonds. The normalized spacial score (nSPS) is 12.9. The maximum absolute atomic E-state index is 16.7. The predicted octanol–water partition coefficient (Wildman–Crippen LogP) is 10.6. The van der Waals surface area contributed by atoms with Crippen LogP contribution in [0, 0.1) is 0 Å². The zero-order valence-corrected chi connectivity index (χ0v) is 24.7. The quantitative estimate of drug-likeness (QED) is 0.190. The lowest BCUT2D eigenvalue weighted by Gasteiger charge is -2.14. The molecule has 0 fully saturated rings. The molecule has 1 unspecified atom stereocenters. The summed E-state index contributed by atoms with van der Waals surface area (Å²) in [5, 5.41) is 7.89. The molecule has 45 heavy (non-hydrogen) atoms. The highest BCUT2D eigenvalue weighted by Gasteiger charge is 2.21. The third-order valence-corrected chi connectivity index (χ3v) is 10.3. The van der Waals surface area contributed by atoms with Gasteiger partial charge in [0.15, 0.2) is 6.17 Å². The van der Waals surface area contributed by atoms with Gasteiger partial charge in [-0.1, -0.05) is 72.8 Å². The third-order valence-electron chi connectivity index (χ3n) is 9.14. The van der Waals surface area contributed by atoms with Crippen LogP contribution < -0.4 is 0 Å². The van der Waals surface area contributed by atoms with Crippen molar-refractivity contribution in [3.8, 4) is 5.82 Å². The number of para-hydroxylation sites is 1. The molecule has 0 aliphatic carbocycles. The molecule has 0 aliphatic rings. The van der Waals surface area contributed by atoms with Crippen LogP contribution in [0.4, 0.5) is 4.39 Å². The molecule has 0 aliphatic heterocycles. The number of benzene rings is 5. The molecular weight excluding hydrogens is 576 g/mol. The minimum absolute atomic E-state index is 0.606. The first-order valence-corrected chi connectivity index (χ1v) is 15.8. The number of thiophene rings is 1. The van der Waals surface area contributed by atoms with Crippen molar-refractivity contribution in [2.45, 2.75) is 6.17 Å². The van der Waals surface area contributed by atoms with E-state index in [1.165, 1.54) is 25.6 Å². The summed E-state index contributed by atoms with van der Waals surface area (Å²) in [5.41, 5.74) is 5.13. The van der Waals surface area contributed by atoms with Gasteiger partial charge in [0.25, 0.3) is 0 Å². The van der Waals surface area contributed by atoms with Gasteiger partial charge in [0.05, 0.1) is 16.6 Å². The number of alkyl halides is 1. The first kappa shape index (κ1) is 24.8. The maximum atomic E-state index is 16.7. The van der Waals surface area contributed by atoms with Gasteiger partial charge in [-0.15, -0.1) is 11.3 Å². The molecule has 4 nitrogen and oxygen atoms in total. The van der Waals surface area contributed by atoms with E-state index in [0.29, 0.717) is 11.1 Å². The van der Waals surface area contributed by atoms with Gasteiger partial charge in [-0.3, -0.25) is 8.97 Å². The molecule has 0 radical (unpaired) electrons. The monoisotopic (exact) mass is 598 g/mol. The Morgan fingerprint density at radius 1 is 0.578 bits per heavy atom. The van der Waals surface area contributed by atoms with Crippen molar-refractivity contribution in [1.82, 2.24) is 18.9 Å². The van der Waals surface area contributed by atoms with Crippen LogP contribution in [0.3, 0.4) is 0 Å². The fourth-order valence-corrected chi connectivity index (χ4v) is 8.39. The van der Waals surface area contributed by atoms with Crippen LogP contribution in [0.25, 0.3) is 75.1 Å². The summed E-state index contributed by atoms with van der Waals surface area (Å²) in [6.07, 6.45) is 4.26. The van der Waals surface area contributed by atoms with Crippen molar-refractivity contribution < 1.29 is 4.39 Å². The minimum Gasteiger partial charge on any atom is -0.299 e. The summed E-state index contributed by atoms with van der Waals surface area (Å²) in [6, 6.07) is 39.1. The zero-order valence-electron chi connectivity index (χ0n) is 23.9. The van der Waals surface area contributed by atoms with Gasteiger partial charge in [0.1, 0.15) is 11.5 Å². The van der Waals surface area contributed by atoms with Gasteiger partial charge in [0, 0.05) is 60.3 Å². The maximum Gasteiger partial charge on any atom is 0.150 e. The molecule has 10 aromatic rings. The van der Waals surface area contributed by atoms with E-state index in [9.17, 15) is 0 Å². The number of hydrogen-bond acceptors (Lipinski definition) is 3. The first-order valence-electron chi connectivity index (χ1n) is 15.0. The number of pyridine rings is 2. The molecule has 212 valence electrons. The minimum atomic E-state index is -1.32. The van der Waals surface area contributed by atoms with Gasteiger partial charge >= 0.3 is 0 Å². The van der Waals surface area contributed by atoms with Crippen molar-refractivity contribution in [1.29, 1.82) is 0 Å². The smallest absolute Gasteiger partial charge is 0.150 e. The van der Waals surface area contributed by atoms with E-state index < -0.39 is 6.17 Å². The van der Waals surface area contributed by atoms with Crippen LogP contribution in [0.5, 0.6) is 0 Å². The number of aromatic nitrogens is 4. The fourth-order valence-electron chi connectivity index (χ4n) is 7.13. The van der Waals surface area contributed by atoms with Gasteiger partial charge in [0.2, 0.25) is 0 Å². The Balaban J connectivity index is 1.21. The lowest BCUT2D eigenvalue weighted by molar-refractivity contribution is 0.402. The standard InChI is InChI=1S/C39H23FN4S/c40-37(23-12-14-25-26-7-1-3-9-31(26)43-20-19-42-39(43)30(25)21-23)24-13-15-29-33(22-24)44(35-11-5-6-18-41-35)32-17-16-28-27-8-2-4-10-34(27)45-38(28)36(29)32/h1-22,37H. The van der Waals surface area contributed by atoms with Crippen LogP contribution >= 0.6 is 11.3 Å². The Kier molecular flexibility index (Phi) is 5.08. The first-order chi connectivity index (χ1) is 22.2. The second-order valence-corrected chi connectivity index (χ2v) is 12.6. The molecule has 6 heteroatoms. The number of rotatable bonds is 3. The van der Waals surface area contributed by atoms with Crippen LogP contribution in [0.2, 0.25) is 0 Å². The second-order valence-electron chi connectivity index (χ2n) is 11.5. The average molecular weight is 599 g/mol. The molecule has 10 rings (SSSR count). The number of halogens is 1. The molecule has 0 spiro atoms. The van der Waals surface area contributed by atoms with Crippen LogP contribution in [-0.4, -0.2) is 18.9 Å². The number of imidazole rings is 1. The Labute approximate surface area is 260 Å². The second kappa shape index (κ2) is 9.21. The van der Waals surface area contributed by atoms with Crippen molar-refractivity contribution in [2.75, 3.05) is 0 Å².